The maximum atomic E-state index is 11.2. The van der Waals surface area contributed by atoms with Crippen LogP contribution < -0.4 is 0 Å². The SMILES string of the molecule is Cc1cc(C)n2c(C(C)(C)C)c(C=O)nc2c1. The first-order valence-electron chi connectivity index (χ1n) is 5.80. The Kier molecular flexibility index (Phi) is 2.57. The first kappa shape index (κ1) is 11.8. The molecule has 90 valence electrons. The highest BCUT2D eigenvalue weighted by Gasteiger charge is 2.24. The van der Waals surface area contributed by atoms with Gasteiger partial charge in [-0.05, 0) is 31.5 Å². The monoisotopic (exact) mass is 230 g/mol. The molecular weight excluding hydrogens is 212 g/mol. The van der Waals surface area contributed by atoms with E-state index in [0.717, 1.165) is 28.9 Å². The van der Waals surface area contributed by atoms with Crippen molar-refractivity contribution in [2.75, 3.05) is 0 Å². The molecule has 0 aromatic carbocycles. The van der Waals surface area contributed by atoms with Gasteiger partial charge in [0.25, 0.3) is 0 Å². The molecule has 2 heterocycles. The van der Waals surface area contributed by atoms with Gasteiger partial charge in [-0.25, -0.2) is 4.98 Å². The number of hydrogen-bond acceptors (Lipinski definition) is 2. The van der Waals surface area contributed by atoms with Gasteiger partial charge in [-0.1, -0.05) is 20.8 Å². The molecule has 0 spiro atoms. The molecule has 0 aliphatic heterocycles. The van der Waals surface area contributed by atoms with Crippen LogP contribution in [-0.2, 0) is 5.41 Å². The third-order valence-corrected chi connectivity index (χ3v) is 2.90. The fourth-order valence-corrected chi connectivity index (χ4v) is 2.35. The van der Waals surface area contributed by atoms with Gasteiger partial charge in [0, 0.05) is 11.1 Å². The highest BCUT2D eigenvalue weighted by molar-refractivity contribution is 5.77. The number of aromatic nitrogens is 2. The predicted molar refractivity (Wildman–Crippen MR) is 68.8 cm³/mol. The van der Waals surface area contributed by atoms with E-state index in [9.17, 15) is 4.79 Å². The molecule has 0 unspecified atom stereocenters. The molecule has 3 heteroatoms. The summed E-state index contributed by atoms with van der Waals surface area (Å²) >= 11 is 0. The van der Waals surface area contributed by atoms with Crippen LogP contribution in [0.25, 0.3) is 5.65 Å². The summed E-state index contributed by atoms with van der Waals surface area (Å²) in [5.41, 5.74) is 4.57. The van der Waals surface area contributed by atoms with Crippen LogP contribution in [0.15, 0.2) is 12.1 Å². The molecule has 0 radical (unpaired) electrons. The molecule has 0 aliphatic carbocycles. The molecule has 0 fully saturated rings. The number of carbonyl (C=O) groups is 1. The molecular formula is C14H18N2O. The van der Waals surface area contributed by atoms with Crippen LogP contribution in [-0.4, -0.2) is 15.7 Å². The molecule has 17 heavy (non-hydrogen) atoms. The second-order valence-corrected chi connectivity index (χ2v) is 5.58. The topological polar surface area (TPSA) is 34.4 Å². The maximum absolute atomic E-state index is 11.2. The normalized spacial score (nSPS) is 12.1. The lowest BCUT2D eigenvalue weighted by Crippen LogP contribution is -2.17. The average Bonchev–Trinajstić information content (AvgIpc) is 2.55. The highest BCUT2D eigenvalue weighted by atomic mass is 16.1. The van der Waals surface area contributed by atoms with Gasteiger partial charge in [-0.2, -0.15) is 0 Å². The molecule has 0 saturated heterocycles. The Labute approximate surface area is 101 Å². The van der Waals surface area contributed by atoms with Gasteiger partial charge >= 0.3 is 0 Å². The molecule has 0 bridgehead atoms. The number of carbonyl (C=O) groups excluding carboxylic acids is 1. The van der Waals surface area contributed by atoms with Crippen molar-refractivity contribution in [1.29, 1.82) is 0 Å². The van der Waals surface area contributed by atoms with Crippen molar-refractivity contribution in [2.45, 2.75) is 40.0 Å². The summed E-state index contributed by atoms with van der Waals surface area (Å²) in [6.07, 6.45) is 0.850. The van der Waals surface area contributed by atoms with Gasteiger partial charge in [0.05, 0.1) is 5.69 Å². The van der Waals surface area contributed by atoms with Crippen molar-refractivity contribution in [3.05, 3.63) is 34.8 Å². The number of aryl methyl sites for hydroxylation is 2. The molecule has 2 aromatic heterocycles. The Hall–Kier alpha value is -1.64. The first-order chi connectivity index (χ1) is 7.84. The summed E-state index contributed by atoms with van der Waals surface area (Å²) in [6, 6.07) is 4.12. The summed E-state index contributed by atoms with van der Waals surface area (Å²) < 4.78 is 2.08. The van der Waals surface area contributed by atoms with Gasteiger partial charge < -0.3 is 4.40 Å². The van der Waals surface area contributed by atoms with E-state index in [0.29, 0.717) is 5.69 Å². The number of hydrogen-bond donors (Lipinski definition) is 0. The summed E-state index contributed by atoms with van der Waals surface area (Å²) in [5.74, 6) is 0. The number of fused-ring (bicyclic) bond motifs is 1. The Bertz CT molecular complexity index is 588. The molecule has 0 saturated carbocycles. The molecule has 0 N–H and O–H groups in total. The van der Waals surface area contributed by atoms with Crippen LogP contribution in [0.3, 0.4) is 0 Å². The summed E-state index contributed by atoms with van der Waals surface area (Å²) in [5, 5.41) is 0. The van der Waals surface area contributed by atoms with Gasteiger partial charge in [-0.3, -0.25) is 4.79 Å². The standard InChI is InChI=1S/C14H18N2O/c1-9-6-10(2)16-12(7-9)15-11(8-17)13(16)14(3,4)5/h6-8H,1-5H3. The van der Waals surface area contributed by atoms with Crippen molar-refractivity contribution < 1.29 is 4.79 Å². The van der Waals surface area contributed by atoms with Crippen LogP contribution in [0.5, 0.6) is 0 Å². The van der Waals surface area contributed by atoms with Crippen molar-refractivity contribution >= 4 is 11.9 Å². The zero-order valence-corrected chi connectivity index (χ0v) is 11.0. The Balaban J connectivity index is 2.93. The smallest absolute Gasteiger partial charge is 0.170 e. The van der Waals surface area contributed by atoms with E-state index in [1.54, 1.807) is 0 Å². The largest absolute Gasteiger partial charge is 0.300 e. The molecule has 0 amide bonds. The lowest BCUT2D eigenvalue weighted by atomic mass is 9.90. The number of rotatable bonds is 1. The minimum absolute atomic E-state index is 0.102. The zero-order valence-electron chi connectivity index (χ0n) is 11.0. The van der Waals surface area contributed by atoms with E-state index < -0.39 is 0 Å². The van der Waals surface area contributed by atoms with Crippen molar-refractivity contribution in [3.63, 3.8) is 0 Å². The second-order valence-electron chi connectivity index (χ2n) is 5.58. The zero-order chi connectivity index (χ0) is 12.8. The van der Waals surface area contributed by atoms with E-state index in [2.05, 4.69) is 36.2 Å². The van der Waals surface area contributed by atoms with E-state index in [1.807, 2.05) is 19.9 Å². The number of pyridine rings is 1. The first-order valence-corrected chi connectivity index (χ1v) is 5.80. The van der Waals surface area contributed by atoms with E-state index >= 15 is 0 Å². The lowest BCUT2D eigenvalue weighted by molar-refractivity contribution is 0.111. The lowest BCUT2D eigenvalue weighted by Gasteiger charge is -2.20. The van der Waals surface area contributed by atoms with Crippen LogP contribution in [0.4, 0.5) is 0 Å². The minimum atomic E-state index is -0.102. The predicted octanol–water partition coefficient (Wildman–Crippen LogP) is 3.06. The van der Waals surface area contributed by atoms with Gasteiger partial charge in [0.2, 0.25) is 0 Å². The van der Waals surface area contributed by atoms with E-state index in [4.69, 9.17) is 0 Å². The van der Waals surface area contributed by atoms with Crippen molar-refractivity contribution in [2.24, 2.45) is 0 Å². The van der Waals surface area contributed by atoms with Gasteiger partial charge in [0.1, 0.15) is 11.3 Å². The molecule has 2 rings (SSSR count). The fraction of sp³-hybridized carbons (Fsp3) is 0.429. The van der Waals surface area contributed by atoms with Crippen LogP contribution >= 0.6 is 0 Å². The van der Waals surface area contributed by atoms with Crippen LogP contribution in [0, 0.1) is 13.8 Å². The minimum Gasteiger partial charge on any atom is -0.300 e. The van der Waals surface area contributed by atoms with Gasteiger partial charge in [-0.15, -0.1) is 0 Å². The van der Waals surface area contributed by atoms with Crippen molar-refractivity contribution in [3.8, 4) is 0 Å². The Morgan fingerprint density at radius 1 is 1.24 bits per heavy atom. The van der Waals surface area contributed by atoms with Crippen LogP contribution in [0.1, 0.15) is 48.2 Å². The average molecular weight is 230 g/mol. The van der Waals surface area contributed by atoms with E-state index in [1.165, 1.54) is 0 Å². The quantitative estimate of drug-likeness (QED) is 0.706. The fourth-order valence-electron chi connectivity index (χ4n) is 2.35. The Morgan fingerprint density at radius 3 is 2.41 bits per heavy atom. The van der Waals surface area contributed by atoms with Gasteiger partial charge in [0.15, 0.2) is 6.29 Å². The number of aldehydes is 1. The maximum Gasteiger partial charge on any atom is 0.170 e. The summed E-state index contributed by atoms with van der Waals surface area (Å²) in [4.78, 5) is 15.6. The summed E-state index contributed by atoms with van der Waals surface area (Å²) in [7, 11) is 0. The van der Waals surface area contributed by atoms with E-state index in [-0.39, 0.29) is 5.41 Å². The molecule has 0 atom stereocenters. The third-order valence-electron chi connectivity index (χ3n) is 2.90. The van der Waals surface area contributed by atoms with Crippen molar-refractivity contribution in [1.82, 2.24) is 9.38 Å². The Morgan fingerprint density at radius 2 is 1.88 bits per heavy atom. The number of imidazole rings is 1. The number of nitrogens with zero attached hydrogens (tertiary/aromatic N) is 2. The molecule has 0 aliphatic rings. The summed E-state index contributed by atoms with van der Waals surface area (Å²) in [6.45, 7) is 10.4. The molecule has 3 nitrogen and oxygen atoms in total. The third kappa shape index (κ3) is 1.86. The molecule has 2 aromatic rings. The second kappa shape index (κ2) is 3.69. The highest BCUT2D eigenvalue weighted by Crippen LogP contribution is 2.27. The van der Waals surface area contributed by atoms with Crippen LogP contribution in [0.2, 0.25) is 0 Å².